The Morgan fingerprint density at radius 1 is 1.35 bits per heavy atom. The third-order valence-corrected chi connectivity index (χ3v) is 3.68. The van der Waals surface area contributed by atoms with E-state index in [0.717, 1.165) is 32.2 Å². The van der Waals surface area contributed by atoms with Crippen LogP contribution in [0.1, 0.15) is 32.6 Å². The molecule has 0 aromatic rings. The third kappa shape index (κ3) is 4.64. The molecule has 1 aliphatic rings. The van der Waals surface area contributed by atoms with Gasteiger partial charge in [0.15, 0.2) is 0 Å². The monoisotopic (exact) mass is 242 g/mol. The summed E-state index contributed by atoms with van der Waals surface area (Å²) in [5, 5.41) is 0. The lowest BCUT2D eigenvalue weighted by molar-refractivity contribution is -0.136. The van der Waals surface area contributed by atoms with Crippen LogP contribution < -0.4 is 5.73 Å². The molecule has 1 rings (SSSR count). The molecule has 0 bridgehead atoms. The Hall–Kier alpha value is -0.610. The standard InChI is InChI=1S/C13H26N2O2/c1-3-17-9-8-15(2)13(16)12-6-4-11(10-14)5-7-12/h11-12H,3-10,14H2,1-2H3. The molecule has 0 aromatic heterocycles. The zero-order valence-electron chi connectivity index (χ0n) is 11.2. The van der Waals surface area contributed by atoms with Crippen LogP contribution in [-0.4, -0.2) is 44.2 Å². The van der Waals surface area contributed by atoms with Gasteiger partial charge in [0.05, 0.1) is 6.61 Å². The van der Waals surface area contributed by atoms with Crippen molar-refractivity contribution >= 4 is 5.91 Å². The van der Waals surface area contributed by atoms with Gasteiger partial charge in [-0.25, -0.2) is 0 Å². The molecule has 1 amide bonds. The molecule has 0 spiro atoms. The summed E-state index contributed by atoms with van der Waals surface area (Å²) in [5.74, 6) is 1.12. The predicted molar refractivity (Wildman–Crippen MR) is 68.6 cm³/mol. The second-order valence-corrected chi connectivity index (χ2v) is 4.91. The number of nitrogens with two attached hydrogens (primary N) is 1. The summed E-state index contributed by atoms with van der Waals surface area (Å²) < 4.78 is 5.27. The molecule has 2 N–H and O–H groups in total. The van der Waals surface area contributed by atoms with Gasteiger partial charge in [-0.2, -0.15) is 0 Å². The first-order valence-electron chi connectivity index (χ1n) is 6.71. The lowest BCUT2D eigenvalue weighted by Gasteiger charge is -2.29. The Labute approximate surface area is 104 Å². The van der Waals surface area contributed by atoms with Gasteiger partial charge in [-0.3, -0.25) is 4.79 Å². The third-order valence-electron chi connectivity index (χ3n) is 3.68. The molecule has 0 saturated heterocycles. The molecular weight excluding hydrogens is 216 g/mol. The van der Waals surface area contributed by atoms with E-state index < -0.39 is 0 Å². The van der Waals surface area contributed by atoms with Gasteiger partial charge in [0.1, 0.15) is 0 Å². The number of rotatable bonds is 6. The fraction of sp³-hybridized carbons (Fsp3) is 0.923. The molecule has 0 heterocycles. The Kier molecular flexibility index (Phi) is 6.52. The lowest BCUT2D eigenvalue weighted by Crippen LogP contribution is -2.37. The second-order valence-electron chi connectivity index (χ2n) is 4.91. The van der Waals surface area contributed by atoms with Gasteiger partial charge in [-0.1, -0.05) is 0 Å². The molecule has 0 atom stereocenters. The number of hydrogen-bond acceptors (Lipinski definition) is 3. The van der Waals surface area contributed by atoms with E-state index in [0.29, 0.717) is 25.7 Å². The summed E-state index contributed by atoms with van der Waals surface area (Å²) in [6.45, 7) is 4.78. The first-order chi connectivity index (χ1) is 8.19. The summed E-state index contributed by atoms with van der Waals surface area (Å²) >= 11 is 0. The smallest absolute Gasteiger partial charge is 0.225 e. The Morgan fingerprint density at radius 2 is 2.00 bits per heavy atom. The summed E-state index contributed by atoms with van der Waals surface area (Å²) in [6.07, 6.45) is 4.21. The van der Waals surface area contributed by atoms with Crippen LogP contribution in [0.5, 0.6) is 0 Å². The molecule has 4 nitrogen and oxygen atoms in total. The van der Waals surface area contributed by atoms with E-state index in [1.54, 1.807) is 0 Å². The predicted octanol–water partition coefficient (Wildman–Crippen LogP) is 1.25. The SMILES string of the molecule is CCOCCN(C)C(=O)C1CCC(CN)CC1. The largest absolute Gasteiger partial charge is 0.380 e. The van der Waals surface area contributed by atoms with Gasteiger partial charge in [0.2, 0.25) is 5.91 Å². The molecule has 4 heteroatoms. The molecule has 17 heavy (non-hydrogen) atoms. The number of ether oxygens (including phenoxy) is 1. The average molecular weight is 242 g/mol. The van der Waals surface area contributed by atoms with E-state index in [4.69, 9.17) is 10.5 Å². The Balaban J connectivity index is 2.27. The quantitative estimate of drug-likeness (QED) is 0.713. The zero-order chi connectivity index (χ0) is 12.7. The number of hydrogen-bond donors (Lipinski definition) is 1. The molecule has 0 radical (unpaired) electrons. The lowest BCUT2D eigenvalue weighted by atomic mass is 9.81. The van der Waals surface area contributed by atoms with E-state index >= 15 is 0 Å². The van der Waals surface area contributed by atoms with Crippen LogP contribution in [0.2, 0.25) is 0 Å². The van der Waals surface area contributed by atoms with E-state index in [1.807, 2.05) is 18.9 Å². The van der Waals surface area contributed by atoms with Crippen molar-refractivity contribution in [2.24, 2.45) is 17.6 Å². The highest BCUT2D eigenvalue weighted by atomic mass is 16.5. The Morgan fingerprint density at radius 3 is 2.53 bits per heavy atom. The number of carbonyl (C=O) groups excluding carboxylic acids is 1. The van der Waals surface area contributed by atoms with Crippen LogP contribution in [-0.2, 0) is 9.53 Å². The first-order valence-corrected chi connectivity index (χ1v) is 6.71. The van der Waals surface area contributed by atoms with Gasteiger partial charge in [-0.15, -0.1) is 0 Å². The number of amides is 1. The van der Waals surface area contributed by atoms with Crippen LogP contribution in [0.15, 0.2) is 0 Å². The van der Waals surface area contributed by atoms with Crippen molar-refractivity contribution in [1.29, 1.82) is 0 Å². The van der Waals surface area contributed by atoms with Crippen LogP contribution in [0.25, 0.3) is 0 Å². The summed E-state index contributed by atoms with van der Waals surface area (Å²) in [6, 6.07) is 0. The minimum absolute atomic E-state index is 0.212. The van der Waals surface area contributed by atoms with Gasteiger partial charge in [0.25, 0.3) is 0 Å². The number of carbonyl (C=O) groups is 1. The van der Waals surface area contributed by atoms with E-state index in [-0.39, 0.29) is 11.8 Å². The molecule has 1 aliphatic carbocycles. The topological polar surface area (TPSA) is 55.6 Å². The van der Waals surface area contributed by atoms with Crippen molar-refractivity contribution in [1.82, 2.24) is 4.90 Å². The van der Waals surface area contributed by atoms with Gasteiger partial charge in [-0.05, 0) is 45.1 Å². The fourth-order valence-electron chi connectivity index (χ4n) is 2.41. The fourth-order valence-corrected chi connectivity index (χ4v) is 2.41. The van der Waals surface area contributed by atoms with Crippen molar-refractivity contribution in [3.63, 3.8) is 0 Å². The maximum atomic E-state index is 12.1. The van der Waals surface area contributed by atoms with Crippen molar-refractivity contribution < 1.29 is 9.53 Å². The second kappa shape index (κ2) is 7.67. The molecule has 0 aromatic carbocycles. The summed E-state index contributed by atoms with van der Waals surface area (Å²) in [5.41, 5.74) is 5.65. The summed E-state index contributed by atoms with van der Waals surface area (Å²) in [4.78, 5) is 13.9. The van der Waals surface area contributed by atoms with E-state index in [2.05, 4.69) is 0 Å². The van der Waals surface area contributed by atoms with Gasteiger partial charge >= 0.3 is 0 Å². The van der Waals surface area contributed by atoms with Crippen molar-refractivity contribution in [2.75, 3.05) is 33.4 Å². The zero-order valence-corrected chi connectivity index (χ0v) is 11.2. The molecule has 0 unspecified atom stereocenters. The molecule has 1 fully saturated rings. The highest BCUT2D eigenvalue weighted by molar-refractivity contribution is 5.78. The number of nitrogens with zero attached hydrogens (tertiary/aromatic N) is 1. The normalized spacial score (nSPS) is 24.6. The van der Waals surface area contributed by atoms with Crippen molar-refractivity contribution in [2.45, 2.75) is 32.6 Å². The van der Waals surface area contributed by atoms with Crippen LogP contribution in [0, 0.1) is 11.8 Å². The van der Waals surface area contributed by atoms with Crippen molar-refractivity contribution in [3.05, 3.63) is 0 Å². The maximum Gasteiger partial charge on any atom is 0.225 e. The minimum atomic E-state index is 0.212. The van der Waals surface area contributed by atoms with Gasteiger partial charge in [0, 0.05) is 26.1 Å². The highest BCUT2D eigenvalue weighted by Crippen LogP contribution is 2.29. The van der Waals surface area contributed by atoms with Crippen LogP contribution >= 0.6 is 0 Å². The average Bonchev–Trinajstić information content (AvgIpc) is 2.38. The molecular formula is C13H26N2O2. The van der Waals surface area contributed by atoms with E-state index in [1.165, 1.54) is 0 Å². The van der Waals surface area contributed by atoms with Gasteiger partial charge < -0.3 is 15.4 Å². The Bertz CT molecular complexity index is 225. The molecule has 1 saturated carbocycles. The molecule has 100 valence electrons. The first kappa shape index (κ1) is 14.5. The number of likely N-dealkylation sites (N-methyl/N-ethyl adjacent to an activating group) is 1. The van der Waals surface area contributed by atoms with Crippen LogP contribution in [0.3, 0.4) is 0 Å². The van der Waals surface area contributed by atoms with E-state index in [9.17, 15) is 4.79 Å². The minimum Gasteiger partial charge on any atom is -0.380 e. The highest BCUT2D eigenvalue weighted by Gasteiger charge is 2.27. The maximum absolute atomic E-state index is 12.1. The summed E-state index contributed by atoms with van der Waals surface area (Å²) in [7, 11) is 1.87. The van der Waals surface area contributed by atoms with Crippen LogP contribution in [0.4, 0.5) is 0 Å². The van der Waals surface area contributed by atoms with Crippen molar-refractivity contribution in [3.8, 4) is 0 Å². The molecule has 0 aliphatic heterocycles.